The van der Waals surface area contributed by atoms with E-state index >= 15 is 0 Å². The van der Waals surface area contributed by atoms with E-state index in [4.69, 9.17) is 20.8 Å². The molecule has 4 nitrogen and oxygen atoms in total. The molecule has 1 aromatic carbocycles. The zero-order valence-corrected chi connectivity index (χ0v) is 14.3. The van der Waals surface area contributed by atoms with Gasteiger partial charge in [0.15, 0.2) is 0 Å². The predicted molar refractivity (Wildman–Crippen MR) is 91.2 cm³/mol. The maximum Gasteiger partial charge on any atom is 0.348 e. The van der Waals surface area contributed by atoms with Gasteiger partial charge >= 0.3 is 5.63 Å². The van der Waals surface area contributed by atoms with Gasteiger partial charge in [0.05, 0.1) is 12.2 Å². The molecule has 2 aromatic heterocycles. The molecule has 0 unspecified atom stereocenters. The number of rotatable bonds is 1. The molecule has 0 amide bonds. The summed E-state index contributed by atoms with van der Waals surface area (Å²) in [5.74, 6) is 0.318. The maximum absolute atomic E-state index is 12.5. The van der Waals surface area contributed by atoms with Crippen molar-refractivity contribution in [1.82, 2.24) is 4.98 Å². The number of hydrogen-bond acceptors (Lipinski definition) is 5. The molecule has 0 atom stereocenters. The number of aromatic nitrogens is 1. The third-order valence-electron chi connectivity index (χ3n) is 3.96. The number of fused-ring (bicyclic) bond motifs is 3. The van der Waals surface area contributed by atoms with Crippen molar-refractivity contribution in [3.63, 3.8) is 0 Å². The zero-order valence-electron chi connectivity index (χ0n) is 12.7. The summed E-state index contributed by atoms with van der Waals surface area (Å²) in [4.78, 5) is 18.8. The van der Waals surface area contributed by atoms with Crippen LogP contribution in [-0.4, -0.2) is 10.6 Å². The van der Waals surface area contributed by atoms with E-state index in [1.54, 1.807) is 24.3 Å². The van der Waals surface area contributed by atoms with Crippen LogP contribution in [0, 0.1) is 0 Å². The number of halogens is 1. The normalized spacial score (nSPS) is 16.5. The number of ether oxygens (including phenoxy) is 1. The minimum Gasteiger partial charge on any atom is -0.403 e. The highest BCUT2D eigenvalue weighted by Crippen LogP contribution is 2.37. The summed E-state index contributed by atoms with van der Waals surface area (Å²) >= 11 is 7.40. The molecule has 0 radical (unpaired) electrons. The van der Waals surface area contributed by atoms with Gasteiger partial charge in [-0.05, 0) is 43.7 Å². The molecule has 0 saturated carbocycles. The lowest BCUT2D eigenvalue weighted by Gasteiger charge is -2.29. The first-order chi connectivity index (χ1) is 10.9. The van der Waals surface area contributed by atoms with Crippen LogP contribution in [0.5, 0.6) is 0 Å². The molecule has 0 N–H and O–H groups in total. The van der Waals surface area contributed by atoms with Crippen molar-refractivity contribution in [3.8, 4) is 11.5 Å². The minimum atomic E-state index is -0.338. The molecule has 0 aliphatic carbocycles. The lowest BCUT2D eigenvalue weighted by molar-refractivity contribution is -0.0379. The minimum absolute atomic E-state index is 0.276. The Balaban J connectivity index is 1.90. The molecule has 4 rings (SSSR count). The summed E-state index contributed by atoms with van der Waals surface area (Å²) in [5, 5.41) is 1.22. The molecular formula is C17H14ClNO3S. The Morgan fingerprint density at radius 2 is 2.00 bits per heavy atom. The van der Waals surface area contributed by atoms with Gasteiger partial charge in [0, 0.05) is 21.9 Å². The number of benzene rings is 1. The van der Waals surface area contributed by atoms with Gasteiger partial charge in [-0.2, -0.15) is 0 Å². The van der Waals surface area contributed by atoms with Gasteiger partial charge in [0.1, 0.15) is 10.2 Å². The lowest BCUT2D eigenvalue weighted by atomic mass is 9.95. The molecule has 118 valence electrons. The Hall–Kier alpha value is -1.69. The Labute approximate surface area is 141 Å². The quantitative estimate of drug-likeness (QED) is 0.653. The molecule has 3 aromatic rings. The van der Waals surface area contributed by atoms with E-state index in [0.29, 0.717) is 34.2 Å². The average molecular weight is 348 g/mol. The molecule has 23 heavy (non-hydrogen) atoms. The van der Waals surface area contributed by atoms with E-state index in [1.165, 1.54) is 11.3 Å². The van der Waals surface area contributed by atoms with Crippen LogP contribution < -0.4 is 5.63 Å². The second-order valence-electron chi connectivity index (χ2n) is 6.22. The number of thiophene rings is 1. The van der Waals surface area contributed by atoms with Crippen LogP contribution in [0.3, 0.4) is 0 Å². The van der Waals surface area contributed by atoms with E-state index in [-0.39, 0.29) is 11.2 Å². The average Bonchev–Trinajstić information content (AvgIpc) is 2.84. The van der Waals surface area contributed by atoms with Gasteiger partial charge in [0.2, 0.25) is 5.89 Å². The summed E-state index contributed by atoms with van der Waals surface area (Å²) in [5.41, 5.74) is 1.14. The van der Waals surface area contributed by atoms with Crippen molar-refractivity contribution in [2.75, 3.05) is 0 Å². The zero-order chi connectivity index (χ0) is 16.2. The fourth-order valence-corrected chi connectivity index (χ4v) is 4.01. The molecule has 0 bridgehead atoms. The van der Waals surface area contributed by atoms with Crippen molar-refractivity contribution in [2.45, 2.75) is 32.5 Å². The molecule has 3 heterocycles. The molecular weight excluding hydrogens is 334 g/mol. The Kier molecular flexibility index (Phi) is 3.34. The first-order valence-corrected chi connectivity index (χ1v) is 8.48. The standard InChI is InChI=1S/C17H14ClNO3S/c1-17(2)7-11-12(8-21-17)23-15-13(11)16(20)22-14(19-15)9-3-5-10(18)6-4-9/h3-6H,7-8H2,1-2H3. The van der Waals surface area contributed by atoms with Crippen molar-refractivity contribution in [1.29, 1.82) is 0 Å². The predicted octanol–water partition coefficient (Wildman–Crippen LogP) is 4.42. The largest absolute Gasteiger partial charge is 0.403 e. The second kappa shape index (κ2) is 5.16. The van der Waals surface area contributed by atoms with Gasteiger partial charge < -0.3 is 9.15 Å². The summed E-state index contributed by atoms with van der Waals surface area (Å²) in [6.07, 6.45) is 0.690. The first-order valence-electron chi connectivity index (χ1n) is 7.28. The first kappa shape index (κ1) is 14.9. The van der Waals surface area contributed by atoms with Crippen LogP contribution in [0.25, 0.3) is 21.7 Å². The number of nitrogens with zero attached hydrogens (tertiary/aromatic N) is 1. The Bertz CT molecular complexity index is 956. The Morgan fingerprint density at radius 1 is 1.26 bits per heavy atom. The highest BCUT2D eigenvalue weighted by atomic mass is 35.5. The maximum atomic E-state index is 12.5. The van der Waals surface area contributed by atoms with Gasteiger partial charge in [-0.1, -0.05) is 11.6 Å². The third kappa shape index (κ3) is 2.59. The molecule has 0 saturated heterocycles. The van der Waals surface area contributed by atoms with E-state index in [9.17, 15) is 4.79 Å². The molecule has 0 fully saturated rings. The lowest BCUT2D eigenvalue weighted by Crippen LogP contribution is -2.31. The number of hydrogen-bond donors (Lipinski definition) is 0. The Morgan fingerprint density at radius 3 is 2.74 bits per heavy atom. The second-order valence-corrected chi connectivity index (χ2v) is 7.74. The van der Waals surface area contributed by atoms with Crippen LogP contribution in [0.1, 0.15) is 24.3 Å². The van der Waals surface area contributed by atoms with Crippen LogP contribution in [0.2, 0.25) is 5.02 Å². The smallest absolute Gasteiger partial charge is 0.348 e. The monoisotopic (exact) mass is 347 g/mol. The fourth-order valence-electron chi connectivity index (χ4n) is 2.80. The van der Waals surface area contributed by atoms with Gasteiger partial charge in [0.25, 0.3) is 0 Å². The fraction of sp³-hybridized carbons (Fsp3) is 0.294. The van der Waals surface area contributed by atoms with Crippen LogP contribution in [-0.2, 0) is 17.8 Å². The van der Waals surface area contributed by atoms with E-state index in [0.717, 1.165) is 16.0 Å². The van der Waals surface area contributed by atoms with Crippen molar-refractivity contribution in [3.05, 3.63) is 50.1 Å². The molecule has 0 spiro atoms. The highest BCUT2D eigenvalue weighted by molar-refractivity contribution is 7.18. The summed E-state index contributed by atoms with van der Waals surface area (Å²) in [6, 6.07) is 7.08. The van der Waals surface area contributed by atoms with Gasteiger partial charge in [-0.3, -0.25) is 0 Å². The van der Waals surface area contributed by atoms with Gasteiger partial charge in [-0.15, -0.1) is 11.3 Å². The molecule has 1 aliphatic rings. The molecule has 6 heteroatoms. The summed E-state index contributed by atoms with van der Waals surface area (Å²) < 4.78 is 11.3. The van der Waals surface area contributed by atoms with Crippen LogP contribution >= 0.6 is 22.9 Å². The van der Waals surface area contributed by atoms with Gasteiger partial charge in [-0.25, -0.2) is 9.78 Å². The molecule has 1 aliphatic heterocycles. The van der Waals surface area contributed by atoms with Crippen molar-refractivity contribution >= 4 is 33.2 Å². The van der Waals surface area contributed by atoms with E-state index in [1.807, 2.05) is 13.8 Å². The highest BCUT2D eigenvalue weighted by Gasteiger charge is 2.31. The topological polar surface area (TPSA) is 52.3 Å². The van der Waals surface area contributed by atoms with Crippen LogP contribution in [0.15, 0.2) is 33.5 Å². The summed E-state index contributed by atoms with van der Waals surface area (Å²) in [6.45, 7) is 4.56. The third-order valence-corrected chi connectivity index (χ3v) is 5.31. The van der Waals surface area contributed by atoms with E-state index in [2.05, 4.69) is 4.98 Å². The van der Waals surface area contributed by atoms with E-state index < -0.39 is 0 Å². The van der Waals surface area contributed by atoms with Crippen molar-refractivity contribution in [2.24, 2.45) is 0 Å². The summed E-state index contributed by atoms with van der Waals surface area (Å²) in [7, 11) is 0. The van der Waals surface area contributed by atoms with Crippen LogP contribution in [0.4, 0.5) is 0 Å². The SMILES string of the molecule is CC1(C)Cc2c(sc3nc(-c4ccc(Cl)cc4)oc(=O)c23)CO1. The van der Waals surface area contributed by atoms with Crippen molar-refractivity contribution < 1.29 is 9.15 Å².